The van der Waals surface area contributed by atoms with E-state index in [2.05, 4.69) is 0 Å². The van der Waals surface area contributed by atoms with Crippen LogP contribution in [0.4, 0.5) is 0 Å². The van der Waals surface area contributed by atoms with Crippen LogP contribution in [0.2, 0.25) is 0 Å². The van der Waals surface area contributed by atoms with E-state index in [9.17, 15) is 19.2 Å². The first-order valence-electron chi connectivity index (χ1n) is 8.27. The minimum absolute atomic E-state index is 0.0471. The summed E-state index contributed by atoms with van der Waals surface area (Å²) in [7, 11) is 0. The Morgan fingerprint density at radius 2 is 1.80 bits per heavy atom. The van der Waals surface area contributed by atoms with Gasteiger partial charge in [0.1, 0.15) is 11.6 Å². The number of Topliss-reactive ketones (excluding diaryl/α,β-unsaturated/α-hetero) is 1. The number of carbonyl (C=O) groups excluding carboxylic acids is 4. The van der Waals surface area contributed by atoms with Crippen molar-refractivity contribution < 1.29 is 23.9 Å². The molecule has 2 unspecified atom stereocenters. The van der Waals surface area contributed by atoms with Crippen molar-refractivity contribution in [3.8, 4) is 6.07 Å². The van der Waals surface area contributed by atoms with Gasteiger partial charge in [0.05, 0.1) is 18.3 Å². The summed E-state index contributed by atoms with van der Waals surface area (Å²) >= 11 is 0. The van der Waals surface area contributed by atoms with Crippen molar-refractivity contribution in [1.82, 2.24) is 4.90 Å². The number of rotatable bonds is 6. The summed E-state index contributed by atoms with van der Waals surface area (Å²) in [6, 6.07) is 1.66. The van der Waals surface area contributed by atoms with Crippen LogP contribution in [0.1, 0.15) is 39.0 Å². The second-order valence-electron chi connectivity index (χ2n) is 6.33. The van der Waals surface area contributed by atoms with Crippen molar-refractivity contribution in [2.75, 3.05) is 13.2 Å². The molecule has 8 nitrogen and oxygen atoms in total. The topological polar surface area (TPSA) is 131 Å². The zero-order chi connectivity index (χ0) is 18.6. The SMILES string of the molecule is C/C(N)=C(/C#N)C(=O)COC(=O)CCN1C(=O)C2CCCCC2C1=O. The summed E-state index contributed by atoms with van der Waals surface area (Å²) in [6.07, 6.45) is 3.12. The second-order valence-corrected chi connectivity index (χ2v) is 6.33. The minimum Gasteiger partial charge on any atom is -0.457 e. The Hall–Kier alpha value is -2.69. The fraction of sp³-hybridized carbons (Fsp3) is 0.588. The summed E-state index contributed by atoms with van der Waals surface area (Å²) < 4.78 is 4.81. The maximum Gasteiger partial charge on any atom is 0.308 e. The molecule has 2 fully saturated rings. The van der Waals surface area contributed by atoms with Crippen molar-refractivity contribution in [2.45, 2.75) is 39.0 Å². The van der Waals surface area contributed by atoms with Gasteiger partial charge in [0.2, 0.25) is 17.6 Å². The number of esters is 1. The molecule has 2 amide bonds. The Kier molecular flexibility index (Phi) is 5.91. The third-order valence-electron chi connectivity index (χ3n) is 4.62. The van der Waals surface area contributed by atoms with E-state index in [1.165, 1.54) is 6.92 Å². The molecule has 25 heavy (non-hydrogen) atoms. The highest BCUT2D eigenvalue weighted by molar-refractivity contribution is 6.05. The van der Waals surface area contributed by atoms with Gasteiger partial charge in [-0.15, -0.1) is 0 Å². The van der Waals surface area contributed by atoms with Crippen molar-refractivity contribution in [3.05, 3.63) is 11.3 Å². The van der Waals surface area contributed by atoms with Crippen LogP contribution < -0.4 is 5.73 Å². The zero-order valence-electron chi connectivity index (χ0n) is 14.1. The quantitative estimate of drug-likeness (QED) is 0.319. The first-order valence-corrected chi connectivity index (χ1v) is 8.27. The molecule has 1 aliphatic heterocycles. The number of ketones is 1. The molecule has 1 heterocycles. The number of amides is 2. The number of likely N-dealkylation sites (tertiary alicyclic amines) is 1. The predicted octanol–water partition coefficient (Wildman–Crippen LogP) is 0.420. The minimum atomic E-state index is -0.712. The van der Waals surface area contributed by atoms with Gasteiger partial charge in [-0.2, -0.15) is 5.26 Å². The van der Waals surface area contributed by atoms with E-state index in [1.807, 2.05) is 0 Å². The first kappa shape index (κ1) is 18.6. The molecular weight excluding hydrogens is 326 g/mol. The second kappa shape index (κ2) is 7.92. The molecule has 2 rings (SSSR count). The number of nitriles is 1. The Labute approximate surface area is 145 Å². The molecule has 2 N–H and O–H groups in total. The maximum atomic E-state index is 12.3. The monoisotopic (exact) mass is 347 g/mol. The predicted molar refractivity (Wildman–Crippen MR) is 85.3 cm³/mol. The fourth-order valence-electron chi connectivity index (χ4n) is 3.32. The number of hydrogen-bond donors (Lipinski definition) is 1. The van der Waals surface area contributed by atoms with Gasteiger partial charge in [0, 0.05) is 12.2 Å². The fourth-order valence-corrected chi connectivity index (χ4v) is 3.32. The zero-order valence-corrected chi connectivity index (χ0v) is 14.1. The molecule has 2 aliphatic rings. The van der Waals surface area contributed by atoms with Gasteiger partial charge in [-0.3, -0.25) is 24.1 Å². The number of fused-ring (bicyclic) bond motifs is 1. The highest BCUT2D eigenvalue weighted by Gasteiger charge is 2.47. The van der Waals surface area contributed by atoms with E-state index in [4.69, 9.17) is 15.7 Å². The molecule has 1 saturated carbocycles. The standard InChI is InChI=1S/C17H21N3O5/c1-10(19)13(8-18)14(21)9-25-15(22)6-7-20-16(23)11-4-2-3-5-12(11)17(20)24/h11-12H,2-7,9,19H2,1H3/b13-10+. The number of allylic oxidation sites excluding steroid dienone is 1. The summed E-state index contributed by atoms with van der Waals surface area (Å²) in [4.78, 5) is 49.1. The van der Waals surface area contributed by atoms with Crippen molar-refractivity contribution in [2.24, 2.45) is 17.6 Å². The van der Waals surface area contributed by atoms with Gasteiger partial charge in [0.15, 0.2) is 6.61 Å². The summed E-state index contributed by atoms with van der Waals surface area (Å²) in [6.45, 7) is 0.764. The molecule has 0 bridgehead atoms. The van der Waals surface area contributed by atoms with Crippen LogP contribution in [0.3, 0.4) is 0 Å². The van der Waals surface area contributed by atoms with Crippen molar-refractivity contribution >= 4 is 23.6 Å². The number of hydrogen-bond acceptors (Lipinski definition) is 7. The molecule has 1 saturated heterocycles. The molecule has 134 valence electrons. The van der Waals surface area contributed by atoms with Gasteiger partial charge in [0.25, 0.3) is 0 Å². The molecule has 0 aromatic heterocycles. The molecule has 0 aromatic carbocycles. The van der Waals surface area contributed by atoms with Crippen LogP contribution in [0.25, 0.3) is 0 Å². The summed E-state index contributed by atoms with van der Waals surface area (Å²) in [5, 5.41) is 8.81. The Morgan fingerprint density at radius 1 is 1.24 bits per heavy atom. The molecular formula is C17H21N3O5. The number of nitrogens with zero attached hydrogens (tertiary/aromatic N) is 2. The van der Waals surface area contributed by atoms with E-state index in [0.717, 1.165) is 17.7 Å². The third-order valence-corrected chi connectivity index (χ3v) is 4.62. The largest absolute Gasteiger partial charge is 0.457 e. The molecule has 0 aromatic rings. The molecule has 2 atom stereocenters. The lowest BCUT2D eigenvalue weighted by molar-refractivity contribution is -0.148. The van der Waals surface area contributed by atoms with Crippen LogP contribution in [-0.4, -0.2) is 41.6 Å². The normalized spacial score (nSPS) is 23.6. The van der Waals surface area contributed by atoms with Gasteiger partial charge >= 0.3 is 5.97 Å². The van der Waals surface area contributed by atoms with E-state index in [1.54, 1.807) is 6.07 Å². The average molecular weight is 347 g/mol. The van der Waals surface area contributed by atoms with E-state index in [0.29, 0.717) is 12.8 Å². The van der Waals surface area contributed by atoms with Gasteiger partial charge < -0.3 is 10.5 Å². The molecule has 8 heteroatoms. The van der Waals surface area contributed by atoms with Crippen LogP contribution in [0, 0.1) is 23.2 Å². The summed E-state index contributed by atoms with van der Waals surface area (Å²) in [5.74, 6) is -2.34. The Balaban J connectivity index is 1.83. The van der Waals surface area contributed by atoms with E-state index >= 15 is 0 Å². The number of imide groups is 1. The Bertz CT molecular complexity index is 648. The lowest BCUT2D eigenvalue weighted by atomic mass is 9.81. The summed E-state index contributed by atoms with van der Waals surface area (Å²) in [5.41, 5.74) is 5.20. The van der Waals surface area contributed by atoms with Gasteiger partial charge in [-0.05, 0) is 19.8 Å². The number of carbonyl (C=O) groups is 4. The number of ether oxygens (including phenoxy) is 1. The molecule has 0 spiro atoms. The van der Waals surface area contributed by atoms with E-state index in [-0.39, 0.29) is 47.9 Å². The lowest BCUT2D eigenvalue weighted by Gasteiger charge is -2.19. The Morgan fingerprint density at radius 3 is 2.28 bits per heavy atom. The molecule has 0 radical (unpaired) electrons. The van der Waals surface area contributed by atoms with Crippen LogP contribution in [-0.2, 0) is 23.9 Å². The highest BCUT2D eigenvalue weighted by Crippen LogP contribution is 2.37. The van der Waals surface area contributed by atoms with Crippen LogP contribution >= 0.6 is 0 Å². The number of nitrogens with two attached hydrogens (primary N) is 1. The molecule has 1 aliphatic carbocycles. The average Bonchev–Trinajstić information content (AvgIpc) is 2.83. The van der Waals surface area contributed by atoms with Crippen molar-refractivity contribution in [1.29, 1.82) is 5.26 Å². The first-order chi connectivity index (χ1) is 11.9. The van der Waals surface area contributed by atoms with E-state index < -0.39 is 18.4 Å². The van der Waals surface area contributed by atoms with Gasteiger partial charge in [-0.1, -0.05) is 12.8 Å². The van der Waals surface area contributed by atoms with Crippen molar-refractivity contribution in [3.63, 3.8) is 0 Å². The smallest absolute Gasteiger partial charge is 0.308 e. The van der Waals surface area contributed by atoms with Crippen LogP contribution in [0.15, 0.2) is 11.3 Å². The third kappa shape index (κ3) is 4.05. The van der Waals surface area contributed by atoms with Crippen LogP contribution in [0.5, 0.6) is 0 Å². The lowest BCUT2D eigenvalue weighted by Crippen LogP contribution is -2.33. The maximum absolute atomic E-state index is 12.3. The van der Waals surface area contributed by atoms with Gasteiger partial charge in [-0.25, -0.2) is 0 Å². The highest BCUT2D eigenvalue weighted by atomic mass is 16.5.